The number of hydrogen-bond donors (Lipinski definition) is 1. The van der Waals surface area contributed by atoms with Gasteiger partial charge in [-0.2, -0.15) is 0 Å². The van der Waals surface area contributed by atoms with Gasteiger partial charge in [0.05, 0.1) is 11.3 Å². The van der Waals surface area contributed by atoms with E-state index < -0.39 is 0 Å². The van der Waals surface area contributed by atoms with Crippen molar-refractivity contribution in [2.45, 2.75) is 26.7 Å². The zero-order valence-electron chi connectivity index (χ0n) is 11.7. The lowest BCUT2D eigenvalue weighted by atomic mass is 9.75. The summed E-state index contributed by atoms with van der Waals surface area (Å²) in [4.78, 5) is 21.1. The summed E-state index contributed by atoms with van der Waals surface area (Å²) in [6.07, 6.45) is 1.25. The van der Waals surface area contributed by atoms with Gasteiger partial charge < -0.3 is 5.73 Å². The Morgan fingerprint density at radius 2 is 1.80 bits per heavy atom. The molecule has 3 rings (SSSR count). The minimum absolute atomic E-state index is 0.0494. The summed E-state index contributed by atoms with van der Waals surface area (Å²) in [6.45, 7) is 4.16. The van der Waals surface area contributed by atoms with Gasteiger partial charge in [0.2, 0.25) is 0 Å². The van der Waals surface area contributed by atoms with E-state index in [0.29, 0.717) is 23.6 Å². The van der Waals surface area contributed by atoms with E-state index in [4.69, 9.17) is 5.73 Å². The molecule has 4 heteroatoms. The molecule has 1 heterocycles. The van der Waals surface area contributed by atoms with Crippen molar-refractivity contribution in [2.75, 3.05) is 5.73 Å². The van der Waals surface area contributed by atoms with Gasteiger partial charge in [0, 0.05) is 12.0 Å². The molecular formula is C16H17N3O. The highest BCUT2D eigenvalue weighted by molar-refractivity contribution is 6.02. The summed E-state index contributed by atoms with van der Waals surface area (Å²) < 4.78 is 0. The number of hydrogen-bond acceptors (Lipinski definition) is 4. The standard InChI is InChI=1S/C16H17N3O/c1-16(2)8-11-13(12(20)9-16)14(17)19-15(18-11)10-6-4-3-5-7-10/h3-7H,8-9H2,1-2H3,(H2,17,18,19). The van der Waals surface area contributed by atoms with E-state index in [2.05, 4.69) is 23.8 Å². The van der Waals surface area contributed by atoms with E-state index in [1.165, 1.54) is 0 Å². The Kier molecular flexibility index (Phi) is 2.82. The third kappa shape index (κ3) is 2.18. The van der Waals surface area contributed by atoms with Crippen LogP contribution < -0.4 is 5.73 Å². The molecule has 20 heavy (non-hydrogen) atoms. The second-order valence-electron chi connectivity index (χ2n) is 6.06. The summed E-state index contributed by atoms with van der Waals surface area (Å²) >= 11 is 0. The van der Waals surface area contributed by atoms with E-state index in [9.17, 15) is 4.79 Å². The van der Waals surface area contributed by atoms with Crippen molar-refractivity contribution < 1.29 is 4.79 Å². The van der Waals surface area contributed by atoms with Gasteiger partial charge in [-0.1, -0.05) is 44.2 Å². The molecule has 0 saturated heterocycles. The summed E-state index contributed by atoms with van der Waals surface area (Å²) in [6, 6.07) is 9.69. The lowest BCUT2D eigenvalue weighted by Gasteiger charge is -2.29. The van der Waals surface area contributed by atoms with Crippen molar-refractivity contribution >= 4 is 11.6 Å². The SMILES string of the molecule is CC1(C)CC(=O)c2c(N)nc(-c3ccccc3)nc2C1. The number of carbonyl (C=O) groups excluding carboxylic acids is 1. The average Bonchev–Trinajstić information content (AvgIpc) is 2.37. The summed E-state index contributed by atoms with van der Waals surface area (Å²) in [5.41, 5.74) is 8.12. The van der Waals surface area contributed by atoms with Crippen molar-refractivity contribution in [3.63, 3.8) is 0 Å². The Balaban J connectivity index is 2.15. The quantitative estimate of drug-likeness (QED) is 0.862. The number of aromatic nitrogens is 2. The molecule has 2 aromatic rings. The highest BCUT2D eigenvalue weighted by atomic mass is 16.1. The molecule has 102 valence electrons. The number of benzene rings is 1. The molecule has 1 aromatic carbocycles. The number of rotatable bonds is 1. The number of fused-ring (bicyclic) bond motifs is 1. The Labute approximate surface area is 118 Å². The van der Waals surface area contributed by atoms with Crippen LogP contribution in [0, 0.1) is 5.41 Å². The predicted octanol–water partition coefficient (Wildman–Crippen LogP) is 2.88. The molecular weight excluding hydrogens is 250 g/mol. The van der Waals surface area contributed by atoms with Crippen LogP contribution in [0.25, 0.3) is 11.4 Å². The molecule has 0 spiro atoms. The minimum atomic E-state index is -0.0706. The third-order valence-corrected chi connectivity index (χ3v) is 3.61. The van der Waals surface area contributed by atoms with Crippen LogP contribution in [0.15, 0.2) is 30.3 Å². The molecule has 1 aromatic heterocycles. The molecule has 0 unspecified atom stereocenters. The van der Waals surface area contributed by atoms with Gasteiger partial charge in [-0.05, 0) is 11.8 Å². The number of anilines is 1. The highest BCUT2D eigenvalue weighted by Gasteiger charge is 2.34. The lowest BCUT2D eigenvalue weighted by molar-refractivity contribution is 0.0911. The van der Waals surface area contributed by atoms with Crippen LogP contribution in [-0.2, 0) is 6.42 Å². The second kappa shape index (κ2) is 4.40. The maximum atomic E-state index is 12.2. The monoisotopic (exact) mass is 267 g/mol. The fraction of sp³-hybridized carbons (Fsp3) is 0.312. The third-order valence-electron chi connectivity index (χ3n) is 3.61. The normalized spacial score (nSPS) is 16.8. The summed E-state index contributed by atoms with van der Waals surface area (Å²) in [7, 11) is 0. The molecule has 0 radical (unpaired) electrons. The van der Waals surface area contributed by atoms with E-state index >= 15 is 0 Å². The van der Waals surface area contributed by atoms with Crippen LogP contribution in [0.3, 0.4) is 0 Å². The Hall–Kier alpha value is -2.23. The number of ketones is 1. The van der Waals surface area contributed by atoms with E-state index in [1.807, 2.05) is 30.3 Å². The van der Waals surface area contributed by atoms with Crippen LogP contribution in [-0.4, -0.2) is 15.8 Å². The van der Waals surface area contributed by atoms with Crippen LogP contribution in [0.5, 0.6) is 0 Å². The first kappa shape index (κ1) is 12.8. The van der Waals surface area contributed by atoms with Gasteiger partial charge in [-0.15, -0.1) is 0 Å². The fourth-order valence-corrected chi connectivity index (χ4v) is 2.71. The highest BCUT2D eigenvalue weighted by Crippen LogP contribution is 2.36. The molecule has 0 amide bonds. The second-order valence-corrected chi connectivity index (χ2v) is 6.06. The number of nitrogens with zero attached hydrogens (tertiary/aromatic N) is 2. The van der Waals surface area contributed by atoms with Crippen LogP contribution >= 0.6 is 0 Å². The zero-order chi connectivity index (χ0) is 14.3. The van der Waals surface area contributed by atoms with Gasteiger partial charge in [-0.3, -0.25) is 4.79 Å². The number of Topliss-reactive ketones (excluding diaryl/α,β-unsaturated/α-hetero) is 1. The van der Waals surface area contributed by atoms with Gasteiger partial charge in [-0.25, -0.2) is 9.97 Å². The van der Waals surface area contributed by atoms with Crippen molar-refractivity contribution in [2.24, 2.45) is 5.41 Å². The van der Waals surface area contributed by atoms with Gasteiger partial charge in [0.15, 0.2) is 11.6 Å². The van der Waals surface area contributed by atoms with Crippen LogP contribution in [0.2, 0.25) is 0 Å². The van der Waals surface area contributed by atoms with E-state index in [-0.39, 0.29) is 11.2 Å². The largest absolute Gasteiger partial charge is 0.383 e. The van der Waals surface area contributed by atoms with Crippen molar-refractivity contribution in [1.82, 2.24) is 9.97 Å². The molecule has 4 nitrogen and oxygen atoms in total. The first-order valence-electron chi connectivity index (χ1n) is 6.71. The molecule has 2 N–H and O–H groups in total. The number of nitrogens with two attached hydrogens (primary N) is 1. The summed E-state index contributed by atoms with van der Waals surface area (Å²) in [5, 5.41) is 0. The molecule has 0 aliphatic heterocycles. The maximum absolute atomic E-state index is 12.2. The van der Waals surface area contributed by atoms with Crippen molar-refractivity contribution in [3.05, 3.63) is 41.6 Å². The maximum Gasteiger partial charge on any atom is 0.168 e. The minimum Gasteiger partial charge on any atom is -0.383 e. The molecule has 1 aliphatic rings. The Bertz CT molecular complexity index is 678. The van der Waals surface area contributed by atoms with Gasteiger partial charge in [0.1, 0.15) is 5.82 Å². The Morgan fingerprint density at radius 3 is 2.50 bits per heavy atom. The Morgan fingerprint density at radius 1 is 1.10 bits per heavy atom. The number of nitrogen functional groups attached to an aromatic ring is 1. The molecule has 0 bridgehead atoms. The smallest absolute Gasteiger partial charge is 0.168 e. The average molecular weight is 267 g/mol. The first-order chi connectivity index (χ1) is 9.46. The van der Waals surface area contributed by atoms with Crippen LogP contribution in [0.1, 0.15) is 36.3 Å². The summed E-state index contributed by atoms with van der Waals surface area (Å²) in [5.74, 6) is 0.940. The van der Waals surface area contributed by atoms with Crippen molar-refractivity contribution in [3.8, 4) is 11.4 Å². The van der Waals surface area contributed by atoms with Crippen LogP contribution in [0.4, 0.5) is 5.82 Å². The molecule has 0 fully saturated rings. The van der Waals surface area contributed by atoms with Crippen molar-refractivity contribution in [1.29, 1.82) is 0 Å². The molecule has 0 atom stereocenters. The van der Waals surface area contributed by atoms with Gasteiger partial charge >= 0.3 is 0 Å². The van der Waals surface area contributed by atoms with E-state index in [0.717, 1.165) is 17.7 Å². The molecule has 1 aliphatic carbocycles. The van der Waals surface area contributed by atoms with E-state index in [1.54, 1.807) is 0 Å². The van der Waals surface area contributed by atoms with Gasteiger partial charge in [0.25, 0.3) is 0 Å². The molecule has 0 saturated carbocycles. The first-order valence-corrected chi connectivity index (χ1v) is 6.71. The topological polar surface area (TPSA) is 68.9 Å². The number of carbonyl (C=O) groups is 1. The predicted molar refractivity (Wildman–Crippen MR) is 78.3 cm³/mol. The fourth-order valence-electron chi connectivity index (χ4n) is 2.71. The lowest BCUT2D eigenvalue weighted by Crippen LogP contribution is -2.29. The zero-order valence-corrected chi connectivity index (χ0v) is 11.7.